The Labute approximate surface area is 76.2 Å². The van der Waals surface area contributed by atoms with Gasteiger partial charge in [0.1, 0.15) is 6.29 Å². The molecule has 0 aliphatic heterocycles. The van der Waals surface area contributed by atoms with Crippen LogP contribution in [0.4, 0.5) is 0 Å². The first kappa shape index (κ1) is 7.87. The third kappa shape index (κ3) is 1.69. The Morgan fingerprint density at radius 3 is 2.67 bits per heavy atom. The van der Waals surface area contributed by atoms with Gasteiger partial charge in [-0.15, -0.1) is 11.8 Å². The number of hydrogen-bond acceptors (Lipinski definition) is 2. The van der Waals surface area contributed by atoms with Crippen LogP contribution in [-0.2, 0) is 4.79 Å². The highest BCUT2D eigenvalue weighted by Gasteiger charge is 2.37. The van der Waals surface area contributed by atoms with Crippen molar-refractivity contribution in [2.24, 2.45) is 5.92 Å². The lowest BCUT2D eigenvalue weighted by Crippen LogP contribution is -1.82. The quantitative estimate of drug-likeness (QED) is 0.661. The molecular formula is C10H10OS. The van der Waals surface area contributed by atoms with Crippen LogP contribution in [0.15, 0.2) is 35.2 Å². The predicted molar refractivity (Wildman–Crippen MR) is 50.3 cm³/mol. The minimum atomic E-state index is 0.315. The van der Waals surface area contributed by atoms with E-state index in [2.05, 4.69) is 12.1 Å². The first-order chi connectivity index (χ1) is 5.90. The number of carbonyl (C=O) groups is 1. The van der Waals surface area contributed by atoms with Gasteiger partial charge in [-0.2, -0.15) is 0 Å². The third-order valence-corrected chi connectivity index (χ3v) is 3.37. The lowest BCUT2D eigenvalue weighted by molar-refractivity contribution is -0.108. The molecule has 1 aliphatic rings. The number of rotatable bonds is 3. The Bertz CT molecular complexity index is 270. The standard InChI is InChI=1S/C10H10OS/c11-7-8-6-10(8)12-9-4-2-1-3-5-9/h1-5,7-8,10H,6H2. The van der Waals surface area contributed by atoms with Crippen molar-refractivity contribution in [2.45, 2.75) is 16.6 Å². The van der Waals surface area contributed by atoms with Crippen molar-refractivity contribution in [2.75, 3.05) is 0 Å². The molecule has 62 valence electrons. The van der Waals surface area contributed by atoms with Gasteiger partial charge in [-0.25, -0.2) is 0 Å². The summed E-state index contributed by atoms with van der Waals surface area (Å²) in [7, 11) is 0. The van der Waals surface area contributed by atoms with E-state index in [0.717, 1.165) is 12.7 Å². The summed E-state index contributed by atoms with van der Waals surface area (Å²) in [6.07, 6.45) is 2.13. The van der Waals surface area contributed by atoms with Gasteiger partial charge >= 0.3 is 0 Å². The van der Waals surface area contributed by atoms with Crippen molar-refractivity contribution >= 4 is 18.0 Å². The summed E-state index contributed by atoms with van der Waals surface area (Å²) in [6, 6.07) is 10.2. The van der Waals surface area contributed by atoms with E-state index in [-0.39, 0.29) is 0 Å². The second-order valence-corrected chi connectivity index (χ2v) is 4.32. The molecule has 0 aromatic heterocycles. The van der Waals surface area contributed by atoms with Gasteiger partial charge in [0, 0.05) is 16.1 Å². The molecule has 2 heteroatoms. The zero-order valence-corrected chi connectivity index (χ0v) is 7.46. The van der Waals surface area contributed by atoms with Gasteiger partial charge in [-0.3, -0.25) is 0 Å². The van der Waals surface area contributed by atoms with Crippen molar-refractivity contribution in [1.29, 1.82) is 0 Å². The highest BCUT2D eigenvalue weighted by Crippen LogP contribution is 2.43. The van der Waals surface area contributed by atoms with Crippen LogP contribution >= 0.6 is 11.8 Å². The monoisotopic (exact) mass is 178 g/mol. The summed E-state index contributed by atoms with van der Waals surface area (Å²) < 4.78 is 0. The number of aldehydes is 1. The van der Waals surface area contributed by atoms with Crippen molar-refractivity contribution in [3.63, 3.8) is 0 Å². The van der Waals surface area contributed by atoms with Crippen molar-refractivity contribution in [3.8, 4) is 0 Å². The molecule has 2 rings (SSSR count). The van der Waals surface area contributed by atoms with Gasteiger partial charge in [-0.1, -0.05) is 18.2 Å². The van der Waals surface area contributed by atoms with Crippen LogP contribution in [-0.4, -0.2) is 11.5 Å². The van der Waals surface area contributed by atoms with E-state index in [4.69, 9.17) is 0 Å². The van der Waals surface area contributed by atoms with E-state index in [0.29, 0.717) is 11.2 Å². The molecule has 0 N–H and O–H groups in total. The van der Waals surface area contributed by atoms with E-state index in [9.17, 15) is 4.79 Å². The van der Waals surface area contributed by atoms with Gasteiger partial charge in [0.15, 0.2) is 0 Å². The summed E-state index contributed by atoms with van der Waals surface area (Å²) in [5.74, 6) is 0.315. The second-order valence-electron chi connectivity index (χ2n) is 3.00. The molecule has 2 unspecified atom stereocenters. The van der Waals surface area contributed by atoms with Crippen LogP contribution in [0.25, 0.3) is 0 Å². The van der Waals surface area contributed by atoms with Gasteiger partial charge in [0.25, 0.3) is 0 Å². The summed E-state index contributed by atoms with van der Waals surface area (Å²) in [5, 5.41) is 0.546. The molecule has 1 nitrogen and oxygen atoms in total. The van der Waals surface area contributed by atoms with Gasteiger partial charge < -0.3 is 4.79 Å². The van der Waals surface area contributed by atoms with Crippen molar-refractivity contribution in [3.05, 3.63) is 30.3 Å². The number of hydrogen-bond donors (Lipinski definition) is 0. The van der Waals surface area contributed by atoms with E-state index in [1.165, 1.54) is 4.90 Å². The fraction of sp³-hybridized carbons (Fsp3) is 0.300. The molecule has 2 atom stereocenters. The smallest absolute Gasteiger partial charge is 0.124 e. The SMILES string of the molecule is O=CC1CC1Sc1ccccc1. The first-order valence-corrected chi connectivity index (χ1v) is 4.95. The average Bonchev–Trinajstić information content (AvgIpc) is 2.85. The molecule has 1 aromatic carbocycles. The minimum Gasteiger partial charge on any atom is -0.303 e. The highest BCUT2D eigenvalue weighted by molar-refractivity contribution is 8.00. The zero-order valence-electron chi connectivity index (χ0n) is 6.64. The number of carbonyl (C=O) groups excluding carboxylic acids is 1. The molecule has 0 spiro atoms. The van der Waals surface area contributed by atoms with E-state index >= 15 is 0 Å². The van der Waals surface area contributed by atoms with Gasteiger partial charge in [0.05, 0.1) is 0 Å². The lowest BCUT2D eigenvalue weighted by Gasteiger charge is -1.96. The second kappa shape index (κ2) is 3.31. The third-order valence-electron chi connectivity index (χ3n) is 1.98. The zero-order chi connectivity index (χ0) is 8.39. The van der Waals surface area contributed by atoms with Crippen LogP contribution < -0.4 is 0 Å². The van der Waals surface area contributed by atoms with E-state index < -0.39 is 0 Å². The largest absolute Gasteiger partial charge is 0.303 e. The minimum absolute atomic E-state index is 0.315. The fourth-order valence-corrected chi connectivity index (χ4v) is 2.36. The Hall–Kier alpha value is -0.760. The molecule has 0 bridgehead atoms. The Morgan fingerprint density at radius 2 is 2.08 bits per heavy atom. The molecule has 1 aliphatic carbocycles. The Morgan fingerprint density at radius 1 is 1.33 bits per heavy atom. The van der Waals surface area contributed by atoms with Crippen molar-refractivity contribution < 1.29 is 4.79 Å². The van der Waals surface area contributed by atoms with Gasteiger partial charge in [-0.05, 0) is 18.6 Å². The molecule has 1 aromatic rings. The van der Waals surface area contributed by atoms with Gasteiger partial charge in [0.2, 0.25) is 0 Å². The van der Waals surface area contributed by atoms with Crippen LogP contribution in [0.3, 0.4) is 0 Å². The maximum Gasteiger partial charge on any atom is 0.124 e. The fourth-order valence-electron chi connectivity index (χ4n) is 1.14. The molecule has 0 radical (unpaired) electrons. The average molecular weight is 178 g/mol. The summed E-state index contributed by atoms with van der Waals surface area (Å²) in [6.45, 7) is 0. The molecule has 0 amide bonds. The number of thioether (sulfide) groups is 1. The normalized spacial score (nSPS) is 26.7. The van der Waals surface area contributed by atoms with Crippen LogP contribution in [0.5, 0.6) is 0 Å². The lowest BCUT2D eigenvalue weighted by atomic mass is 10.4. The van der Waals surface area contributed by atoms with E-state index in [1.54, 1.807) is 0 Å². The Kier molecular flexibility index (Phi) is 2.17. The van der Waals surface area contributed by atoms with Crippen LogP contribution in [0.2, 0.25) is 0 Å². The maximum absolute atomic E-state index is 10.4. The molecule has 12 heavy (non-hydrogen) atoms. The predicted octanol–water partition coefficient (Wildman–Crippen LogP) is 2.37. The molecule has 1 fully saturated rings. The topological polar surface area (TPSA) is 17.1 Å². The first-order valence-electron chi connectivity index (χ1n) is 4.07. The van der Waals surface area contributed by atoms with E-state index in [1.807, 2.05) is 30.0 Å². The molecule has 0 saturated heterocycles. The molecule has 1 saturated carbocycles. The molecule has 0 heterocycles. The summed E-state index contributed by atoms with van der Waals surface area (Å²) in [5.41, 5.74) is 0. The highest BCUT2D eigenvalue weighted by atomic mass is 32.2. The van der Waals surface area contributed by atoms with Crippen LogP contribution in [0.1, 0.15) is 6.42 Å². The maximum atomic E-state index is 10.4. The number of benzene rings is 1. The molecular weight excluding hydrogens is 168 g/mol. The summed E-state index contributed by atoms with van der Waals surface area (Å²) in [4.78, 5) is 11.6. The summed E-state index contributed by atoms with van der Waals surface area (Å²) >= 11 is 1.81. The Balaban J connectivity index is 1.93. The van der Waals surface area contributed by atoms with Crippen molar-refractivity contribution in [1.82, 2.24) is 0 Å². The van der Waals surface area contributed by atoms with Crippen LogP contribution in [0, 0.1) is 5.92 Å².